The SMILES string of the molecule is COc1c(Cl)cc(C(=O)O)c2c1CC(C)(C)O2. The van der Waals surface area contributed by atoms with Crippen molar-refractivity contribution >= 4 is 17.6 Å². The second-order valence-electron chi connectivity index (χ2n) is 4.59. The van der Waals surface area contributed by atoms with E-state index in [0.29, 0.717) is 22.9 Å². The monoisotopic (exact) mass is 256 g/mol. The highest BCUT2D eigenvalue weighted by Crippen LogP contribution is 2.46. The van der Waals surface area contributed by atoms with Gasteiger partial charge in [-0.1, -0.05) is 11.6 Å². The number of rotatable bonds is 2. The van der Waals surface area contributed by atoms with E-state index in [0.717, 1.165) is 5.56 Å². The zero-order valence-electron chi connectivity index (χ0n) is 9.83. The average molecular weight is 257 g/mol. The highest BCUT2D eigenvalue weighted by molar-refractivity contribution is 6.32. The summed E-state index contributed by atoms with van der Waals surface area (Å²) in [4.78, 5) is 11.1. The number of benzene rings is 1. The van der Waals surface area contributed by atoms with E-state index < -0.39 is 11.6 Å². The third kappa shape index (κ3) is 1.93. The molecule has 1 heterocycles. The fourth-order valence-corrected chi connectivity index (χ4v) is 2.36. The largest absolute Gasteiger partial charge is 0.495 e. The molecule has 0 amide bonds. The molecule has 2 rings (SSSR count). The van der Waals surface area contributed by atoms with Crippen LogP contribution in [0.2, 0.25) is 5.02 Å². The number of halogens is 1. The van der Waals surface area contributed by atoms with Gasteiger partial charge >= 0.3 is 5.97 Å². The molecule has 5 heteroatoms. The van der Waals surface area contributed by atoms with Crippen LogP contribution in [0.3, 0.4) is 0 Å². The molecule has 0 aliphatic carbocycles. The molecule has 0 saturated carbocycles. The lowest BCUT2D eigenvalue weighted by molar-refractivity contribution is 0.0685. The Bertz CT molecular complexity index is 494. The summed E-state index contributed by atoms with van der Waals surface area (Å²) in [6.45, 7) is 3.79. The van der Waals surface area contributed by atoms with Gasteiger partial charge in [-0.2, -0.15) is 0 Å². The van der Waals surface area contributed by atoms with Crippen LogP contribution in [-0.2, 0) is 6.42 Å². The second kappa shape index (κ2) is 3.81. The van der Waals surface area contributed by atoms with Gasteiger partial charge < -0.3 is 14.6 Å². The van der Waals surface area contributed by atoms with Gasteiger partial charge in [0.2, 0.25) is 0 Å². The lowest BCUT2D eigenvalue weighted by atomic mass is 9.99. The van der Waals surface area contributed by atoms with Crippen LogP contribution < -0.4 is 9.47 Å². The zero-order chi connectivity index (χ0) is 12.8. The summed E-state index contributed by atoms with van der Waals surface area (Å²) in [6, 6.07) is 1.36. The van der Waals surface area contributed by atoms with Crippen LogP contribution in [0.1, 0.15) is 29.8 Å². The summed E-state index contributed by atoms with van der Waals surface area (Å²) in [5.74, 6) is -0.190. The third-order valence-electron chi connectivity index (χ3n) is 2.70. The Labute approximate surface area is 104 Å². The van der Waals surface area contributed by atoms with Crippen LogP contribution in [0.15, 0.2) is 6.07 Å². The number of aromatic carboxylic acids is 1. The van der Waals surface area contributed by atoms with Crippen molar-refractivity contribution < 1.29 is 19.4 Å². The number of carboxylic acid groups (broad SMARTS) is 1. The van der Waals surface area contributed by atoms with Crippen LogP contribution in [0.4, 0.5) is 0 Å². The Morgan fingerprint density at radius 2 is 2.24 bits per heavy atom. The van der Waals surface area contributed by atoms with Crippen molar-refractivity contribution in [3.05, 3.63) is 22.2 Å². The molecule has 0 fully saturated rings. The van der Waals surface area contributed by atoms with E-state index in [2.05, 4.69) is 0 Å². The molecule has 1 aromatic carbocycles. The van der Waals surface area contributed by atoms with Crippen LogP contribution in [-0.4, -0.2) is 23.8 Å². The number of carboxylic acids is 1. The quantitative estimate of drug-likeness (QED) is 0.884. The van der Waals surface area contributed by atoms with E-state index in [1.807, 2.05) is 13.8 Å². The molecule has 1 aliphatic rings. The summed E-state index contributed by atoms with van der Waals surface area (Å²) in [6.07, 6.45) is 0.576. The van der Waals surface area contributed by atoms with Crippen LogP contribution in [0.25, 0.3) is 0 Å². The smallest absolute Gasteiger partial charge is 0.339 e. The number of fused-ring (bicyclic) bond motifs is 1. The van der Waals surface area contributed by atoms with Crippen molar-refractivity contribution in [1.82, 2.24) is 0 Å². The molecule has 0 bridgehead atoms. The van der Waals surface area contributed by atoms with Crippen LogP contribution in [0.5, 0.6) is 11.5 Å². The van der Waals surface area contributed by atoms with E-state index in [9.17, 15) is 4.79 Å². The number of ether oxygens (including phenoxy) is 2. The number of methoxy groups -OCH3 is 1. The maximum Gasteiger partial charge on any atom is 0.339 e. The Kier molecular flexibility index (Phi) is 2.70. The molecule has 4 nitrogen and oxygen atoms in total. The number of hydrogen-bond acceptors (Lipinski definition) is 3. The van der Waals surface area contributed by atoms with Crippen molar-refractivity contribution in [2.45, 2.75) is 25.9 Å². The van der Waals surface area contributed by atoms with E-state index in [4.69, 9.17) is 26.2 Å². The maximum atomic E-state index is 11.1. The standard InChI is InChI=1S/C12H13ClO4/c1-12(2)5-7-9(17-12)6(11(14)15)4-8(13)10(7)16-3/h4H,5H2,1-3H3,(H,14,15). The summed E-state index contributed by atoms with van der Waals surface area (Å²) in [7, 11) is 1.51. The zero-order valence-corrected chi connectivity index (χ0v) is 10.6. The van der Waals surface area contributed by atoms with Crippen LogP contribution >= 0.6 is 11.6 Å². The minimum Gasteiger partial charge on any atom is -0.495 e. The summed E-state index contributed by atoms with van der Waals surface area (Å²) < 4.78 is 10.9. The first-order valence-electron chi connectivity index (χ1n) is 5.17. The minimum atomic E-state index is -1.05. The molecule has 0 aromatic heterocycles. The molecular weight excluding hydrogens is 244 g/mol. The van der Waals surface area contributed by atoms with Gasteiger partial charge in [-0.3, -0.25) is 0 Å². The van der Waals surface area contributed by atoms with Crippen molar-refractivity contribution in [3.8, 4) is 11.5 Å². The topological polar surface area (TPSA) is 55.8 Å². The second-order valence-corrected chi connectivity index (χ2v) is 5.00. The van der Waals surface area contributed by atoms with E-state index in [-0.39, 0.29) is 5.56 Å². The number of hydrogen-bond donors (Lipinski definition) is 1. The predicted octanol–water partition coefficient (Wildman–Crippen LogP) is 2.76. The molecule has 1 aromatic rings. The highest BCUT2D eigenvalue weighted by atomic mass is 35.5. The van der Waals surface area contributed by atoms with Gasteiger partial charge in [-0.05, 0) is 19.9 Å². The van der Waals surface area contributed by atoms with E-state index >= 15 is 0 Å². The summed E-state index contributed by atoms with van der Waals surface area (Å²) in [5, 5.41) is 9.42. The number of carbonyl (C=O) groups is 1. The van der Waals surface area contributed by atoms with Gasteiger partial charge in [0, 0.05) is 12.0 Å². The fraction of sp³-hybridized carbons (Fsp3) is 0.417. The molecule has 0 atom stereocenters. The van der Waals surface area contributed by atoms with Gasteiger partial charge in [0.05, 0.1) is 12.1 Å². The predicted molar refractivity (Wildman–Crippen MR) is 63.4 cm³/mol. The lowest BCUT2D eigenvalue weighted by Crippen LogP contribution is -2.25. The van der Waals surface area contributed by atoms with Gasteiger partial charge in [0.1, 0.15) is 22.7 Å². The van der Waals surface area contributed by atoms with Crippen molar-refractivity contribution in [1.29, 1.82) is 0 Å². The van der Waals surface area contributed by atoms with Crippen LogP contribution in [0, 0.1) is 0 Å². The van der Waals surface area contributed by atoms with E-state index in [1.165, 1.54) is 13.2 Å². The molecular formula is C12H13ClO4. The first-order chi connectivity index (χ1) is 7.85. The van der Waals surface area contributed by atoms with Gasteiger partial charge in [0.15, 0.2) is 0 Å². The Balaban J connectivity index is 2.68. The molecule has 0 saturated heterocycles. The average Bonchev–Trinajstić information content (AvgIpc) is 2.51. The van der Waals surface area contributed by atoms with Gasteiger partial charge in [-0.25, -0.2) is 4.79 Å². The molecule has 92 valence electrons. The first kappa shape index (κ1) is 12.0. The first-order valence-corrected chi connectivity index (χ1v) is 5.55. The molecule has 0 radical (unpaired) electrons. The highest BCUT2D eigenvalue weighted by Gasteiger charge is 2.37. The molecule has 17 heavy (non-hydrogen) atoms. The van der Waals surface area contributed by atoms with Crippen molar-refractivity contribution in [2.75, 3.05) is 7.11 Å². The van der Waals surface area contributed by atoms with E-state index in [1.54, 1.807) is 0 Å². The third-order valence-corrected chi connectivity index (χ3v) is 2.98. The summed E-state index contributed by atoms with van der Waals surface area (Å²) in [5.41, 5.74) is 0.364. The van der Waals surface area contributed by atoms with Gasteiger partial charge in [0.25, 0.3) is 0 Å². The lowest BCUT2D eigenvalue weighted by Gasteiger charge is -2.17. The maximum absolute atomic E-state index is 11.1. The minimum absolute atomic E-state index is 0.0800. The Morgan fingerprint density at radius 3 is 2.76 bits per heavy atom. The van der Waals surface area contributed by atoms with Gasteiger partial charge in [-0.15, -0.1) is 0 Å². The van der Waals surface area contributed by atoms with Crippen molar-refractivity contribution in [3.63, 3.8) is 0 Å². The Morgan fingerprint density at radius 1 is 1.59 bits per heavy atom. The molecule has 0 spiro atoms. The van der Waals surface area contributed by atoms with Crippen molar-refractivity contribution in [2.24, 2.45) is 0 Å². The summed E-state index contributed by atoms with van der Waals surface area (Å²) >= 11 is 6.01. The Hall–Kier alpha value is -1.42. The fourth-order valence-electron chi connectivity index (χ4n) is 2.06. The normalized spacial score (nSPS) is 16.2. The molecule has 1 aliphatic heterocycles. The molecule has 0 unspecified atom stereocenters. The molecule has 1 N–H and O–H groups in total.